The van der Waals surface area contributed by atoms with Gasteiger partial charge in [0.2, 0.25) is 0 Å². The first-order valence-corrected chi connectivity index (χ1v) is 12.1. The maximum absolute atomic E-state index is 6.00. The van der Waals surface area contributed by atoms with E-state index in [0.717, 1.165) is 41.4 Å². The molecule has 0 unspecified atom stereocenters. The molecule has 0 aromatic carbocycles. The molecule has 4 aliphatic carbocycles. The number of fused-ring (bicyclic) bond motifs is 5. The average Bonchev–Trinajstić information content (AvgIpc) is 2.96. The van der Waals surface area contributed by atoms with E-state index in [2.05, 4.69) is 20.8 Å². The Morgan fingerprint density at radius 3 is 2.48 bits per heavy atom. The molecule has 144 valence electrons. The van der Waals surface area contributed by atoms with E-state index in [0.29, 0.717) is 10.8 Å². The lowest BCUT2D eigenvalue weighted by Gasteiger charge is -2.61. The zero-order chi connectivity index (χ0) is 17.7. The van der Waals surface area contributed by atoms with Crippen LogP contribution in [-0.4, -0.2) is 5.88 Å². The summed E-state index contributed by atoms with van der Waals surface area (Å²) in [6.45, 7) is 7.96. The van der Waals surface area contributed by atoms with Crippen LogP contribution < -0.4 is 0 Å². The van der Waals surface area contributed by atoms with Crippen molar-refractivity contribution in [1.82, 2.24) is 0 Å². The molecular formula is C24H41Cl. The Labute approximate surface area is 161 Å². The summed E-state index contributed by atoms with van der Waals surface area (Å²) in [6, 6.07) is 0. The Bertz CT molecular complexity index is 473. The second-order valence-electron chi connectivity index (χ2n) is 10.9. The van der Waals surface area contributed by atoms with Crippen molar-refractivity contribution in [2.45, 2.75) is 97.8 Å². The van der Waals surface area contributed by atoms with Gasteiger partial charge in [-0.1, -0.05) is 33.6 Å². The van der Waals surface area contributed by atoms with Crippen LogP contribution in [-0.2, 0) is 0 Å². The number of alkyl halides is 1. The second kappa shape index (κ2) is 7.03. The summed E-state index contributed by atoms with van der Waals surface area (Å²) in [4.78, 5) is 0. The van der Waals surface area contributed by atoms with Crippen LogP contribution in [0.3, 0.4) is 0 Å². The van der Waals surface area contributed by atoms with Crippen LogP contribution in [0.5, 0.6) is 0 Å². The standard InChI is InChI=1S/C24H41Cl/c1-17(7-6-16-25)20-11-12-21-19-10-9-18-8-4-5-14-23(18,2)22(19)13-15-24(20,21)3/h17-22H,4-16H2,1-3H3/t17-,18+,19+,20-,21+,22+,23+,24-/m1/s1. The van der Waals surface area contributed by atoms with Crippen LogP contribution in [0.4, 0.5) is 0 Å². The summed E-state index contributed by atoms with van der Waals surface area (Å²) in [6.07, 6.45) is 17.9. The topological polar surface area (TPSA) is 0 Å². The van der Waals surface area contributed by atoms with E-state index in [-0.39, 0.29) is 0 Å². The minimum absolute atomic E-state index is 0.644. The average molecular weight is 365 g/mol. The Hall–Kier alpha value is 0.290. The van der Waals surface area contributed by atoms with Gasteiger partial charge in [-0.25, -0.2) is 0 Å². The number of hydrogen-bond donors (Lipinski definition) is 0. The lowest BCUT2D eigenvalue weighted by molar-refractivity contribution is -0.114. The molecule has 25 heavy (non-hydrogen) atoms. The molecule has 1 heteroatoms. The molecule has 0 nitrogen and oxygen atoms in total. The van der Waals surface area contributed by atoms with Gasteiger partial charge in [-0.15, -0.1) is 11.6 Å². The van der Waals surface area contributed by atoms with Crippen LogP contribution in [0.15, 0.2) is 0 Å². The van der Waals surface area contributed by atoms with Gasteiger partial charge in [-0.2, -0.15) is 0 Å². The lowest BCUT2D eigenvalue weighted by Crippen LogP contribution is -2.53. The van der Waals surface area contributed by atoms with Crippen molar-refractivity contribution in [3.05, 3.63) is 0 Å². The highest BCUT2D eigenvalue weighted by Gasteiger charge is 2.59. The SMILES string of the molecule is C[C@H](CCCCl)[C@H]1CC[C@H]2[C@@H]3CC[C@@H]4CCCC[C@]4(C)[C@H]3CC[C@]12C. The third kappa shape index (κ3) is 2.92. The Morgan fingerprint density at radius 2 is 1.68 bits per heavy atom. The highest BCUT2D eigenvalue weighted by molar-refractivity contribution is 6.17. The number of halogens is 1. The summed E-state index contributed by atoms with van der Waals surface area (Å²) in [5, 5.41) is 0. The van der Waals surface area contributed by atoms with Crippen molar-refractivity contribution >= 4 is 11.6 Å². The van der Waals surface area contributed by atoms with Gasteiger partial charge >= 0.3 is 0 Å². The van der Waals surface area contributed by atoms with Crippen molar-refractivity contribution in [2.24, 2.45) is 46.3 Å². The van der Waals surface area contributed by atoms with Crippen molar-refractivity contribution in [3.8, 4) is 0 Å². The fourth-order valence-corrected chi connectivity index (χ4v) is 9.03. The monoisotopic (exact) mass is 364 g/mol. The molecule has 0 heterocycles. The fourth-order valence-electron chi connectivity index (χ4n) is 8.87. The lowest BCUT2D eigenvalue weighted by atomic mass is 9.44. The van der Waals surface area contributed by atoms with Gasteiger partial charge < -0.3 is 0 Å². The van der Waals surface area contributed by atoms with Gasteiger partial charge in [0.25, 0.3) is 0 Å². The van der Waals surface area contributed by atoms with Gasteiger partial charge in [-0.05, 0) is 111 Å². The first-order valence-electron chi connectivity index (χ1n) is 11.6. The van der Waals surface area contributed by atoms with Crippen LogP contribution in [0, 0.1) is 46.3 Å². The Balaban J connectivity index is 1.53. The molecule has 0 aromatic heterocycles. The van der Waals surface area contributed by atoms with E-state index in [1.807, 2.05) is 0 Å². The first kappa shape index (κ1) is 18.6. The zero-order valence-electron chi connectivity index (χ0n) is 17.0. The van der Waals surface area contributed by atoms with Gasteiger partial charge in [-0.3, -0.25) is 0 Å². The number of hydrogen-bond acceptors (Lipinski definition) is 0. The maximum Gasteiger partial charge on any atom is 0.0223 e. The summed E-state index contributed by atoms with van der Waals surface area (Å²) in [5.41, 5.74) is 1.34. The first-order chi connectivity index (χ1) is 12.0. The molecule has 4 fully saturated rings. The molecule has 0 N–H and O–H groups in total. The molecule has 0 aliphatic heterocycles. The summed E-state index contributed by atoms with van der Waals surface area (Å²) < 4.78 is 0. The van der Waals surface area contributed by atoms with Crippen LogP contribution >= 0.6 is 11.6 Å². The van der Waals surface area contributed by atoms with Crippen molar-refractivity contribution < 1.29 is 0 Å². The summed E-state index contributed by atoms with van der Waals surface area (Å²) >= 11 is 6.00. The van der Waals surface area contributed by atoms with Crippen LogP contribution in [0.1, 0.15) is 97.8 Å². The maximum atomic E-state index is 6.00. The van der Waals surface area contributed by atoms with Crippen molar-refractivity contribution in [2.75, 3.05) is 5.88 Å². The Kier molecular flexibility index (Phi) is 5.24. The quantitative estimate of drug-likeness (QED) is 0.448. The van der Waals surface area contributed by atoms with E-state index in [4.69, 9.17) is 11.6 Å². The van der Waals surface area contributed by atoms with E-state index < -0.39 is 0 Å². The smallest absolute Gasteiger partial charge is 0.0223 e. The van der Waals surface area contributed by atoms with E-state index >= 15 is 0 Å². The molecule has 0 spiro atoms. The van der Waals surface area contributed by atoms with Crippen molar-refractivity contribution in [1.29, 1.82) is 0 Å². The Morgan fingerprint density at radius 1 is 0.880 bits per heavy atom. The molecule has 4 rings (SSSR count). The highest BCUT2D eigenvalue weighted by Crippen LogP contribution is 2.68. The number of rotatable bonds is 4. The molecular weight excluding hydrogens is 324 g/mol. The third-order valence-corrected chi connectivity index (χ3v) is 10.4. The van der Waals surface area contributed by atoms with Gasteiger partial charge in [0.05, 0.1) is 0 Å². The van der Waals surface area contributed by atoms with Gasteiger partial charge in [0, 0.05) is 5.88 Å². The molecule has 4 saturated carbocycles. The predicted octanol–water partition coefficient (Wildman–Crippen LogP) is 7.69. The molecule has 0 saturated heterocycles. The van der Waals surface area contributed by atoms with Crippen LogP contribution in [0.2, 0.25) is 0 Å². The van der Waals surface area contributed by atoms with E-state index in [9.17, 15) is 0 Å². The minimum Gasteiger partial charge on any atom is -0.127 e. The largest absolute Gasteiger partial charge is 0.127 e. The second-order valence-corrected chi connectivity index (χ2v) is 11.3. The molecule has 8 atom stereocenters. The molecule has 0 aromatic rings. The van der Waals surface area contributed by atoms with E-state index in [1.165, 1.54) is 51.4 Å². The van der Waals surface area contributed by atoms with Crippen molar-refractivity contribution in [3.63, 3.8) is 0 Å². The minimum atomic E-state index is 0.644. The van der Waals surface area contributed by atoms with Gasteiger partial charge in [0.1, 0.15) is 0 Å². The summed E-state index contributed by atoms with van der Waals surface area (Å²) in [5.74, 6) is 6.91. The van der Waals surface area contributed by atoms with E-state index in [1.54, 1.807) is 25.7 Å². The zero-order valence-corrected chi connectivity index (χ0v) is 17.8. The van der Waals surface area contributed by atoms with Crippen LogP contribution in [0.25, 0.3) is 0 Å². The third-order valence-electron chi connectivity index (χ3n) is 10.1. The fraction of sp³-hybridized carbons (Fsp3) is 1.00. The summed E-state index contributed by atoms with van der Waals surface area (Å²) in [7, 11) is 0. The van der Waals surface area contributed by atoms with Gasteiger partial charge in [0.15, 0.2) is 0 Å². The molecule has 0 amide bonds. The predicted molar refractivity (Wildman–Crippen MR) is 109 cm³/mol. The normalized spacial score (nSPS) is 50.6. The highest BCUT2D eigenvalue weighted by atomic mass is 35.5. The molecule has 0 radical (unpaired) electrons. The molecule has 0 bridgehead atoms. The molecule has 4 aliphatic rings.